The van der Waals surface area contributed by atoms with Crippen molar-refractivity contribution >= 4 is 12.1 Å². The molecular formula is C16H17NO4. The van der Waals surface area contributed by atoms with E-state index < -0.39 is 17.5 Å². The predicted octanol–water partition coefficient (Wildman–Crippen LogP) is 2.02. The number of ether oxygens (including phenoxy) is 1. The lowest BCUT2D eigenvalue weighted by atomic mass is 9.98. The van der Waals surface area contributed by atoms with Crippen LogP contribution in [0.15, 0.2) is 30.3 Å². The van der Waals surface area contributed by atoms with Gasteiger partial charge in [0.05, 0.1) is 11.5 Å². The molecule has 4 saturated carbocycles. The van der Waals surface area contributed by atoms with Crippen molar-refractivity contribution in [3.05, 3.63) is 35.9 Å². The molecule has 0 spiro atoms. The number of hydrogen-bond acceptors (Lipinski definition) is 3. The van der Waals surface area contributed by atoms with Gasteiger partial charge in [-0.1, -0.05) is 30.3 Å². The lowest BCUT2D eigenvalue weighted by Gasteiger charge is -2.21. The second-order valence-corrected chi connectivity index (χ2v) is 6.37. The molecule has 4 aliphatic carbocycles. The first-order valence-corrected chi connectivity index (χ1v) is 7.34. The largest absolute Gasteiger partial charge is 0.481 e. The van der Waals surface area contributed by atoms with Gasteiger partial charge in [-0.05, 0) is 36.2 Å². The molecule has 0 aliphatic heterocycles. The van der Waals surface area contributed by atoms with E-state index in [0.29, 0.717) is 5.92 Å². The van der Waals surface area contributed by atoms with Crippen LogP contribution in [0.4, 0.5) is 4.79 Å². The average Bonchev–Trinajstić information content (AvgIpc) is 2.84. The Kier molecular flexibility index (Phi) is 2.55. The number of rotatable bonds is 4. The number of carboxylic acid groups (broad SMARTS) is 1. The van der Waals surface area contributed by atoms with Crippen LogP contribution in [0.3, 0.4) is 0 Å². The van der Waals surface area contributed by atoms with Crippen LogP contribution >= 0.6 is 0 Å². The zero-order valence-electron chi connectivity index (χ0n) is 11.5. The van der Waals surface area contributed by atoms with Crippen LogP contribution < -0.4 is 5.32 Å². The maximum Gasteiger partial charge on any atom is 0.407 e. The minimum absolute atomic E-state index is 0.205. The number of benzene rings is 1. The molecule has 4 bridgehead atoms. The molecule has 0 saturated heterocycles. The van der Waals surface area contributed by atoms with Crippen molar-refractivity contribution in [1.82, 2.24) is 5.32 Å². The van der Waals surface area contributed by atoms with E-state index >= 15 is 0 Å². The summed E-state index contributed by atoms with van der Waals surface area (Å²) in [4.78, 5) is 23.5. The van der Waals surface area contributed by atoms with E-state index in [2.05, 4.69) is 5.32 Å². The molecule has 3 atom stereocenters. The minimum Gasteiger partial charge on any atom is -0.481 e. The number of amides is 1. The first-order valence-electron chi connectivity index (χ1n) is 7.34. The van der Waals surface area contributed by atoms with Gasteiger partial charge in [-0.25, -0.2) is 4.79 Å². The number of carboxylic acids is 1. The van der Waals surface area contributed by atoms with E-state index in [4.69, 9.17) is 4.74 Å². The topological polar surface area (TPSA) is 75.6 Å². The van der Waals surface area contributed by atoms with Crippen molar-refractivity contribution in [1.29, 1.82) is 0 Å². The van der Waals surface area contributed by atoms with Crippen molar-refractivity contribution < 1.29 is 19.4 Å². The second-order valence-electron chi connectivity index (χ2n) is 6.37. The number of alkyl carbamates (subject to hydrolysis) is 1. The summed E-state index contributed by atoms with van der Waals surface area (Å²) in [5.74, 6) is 0.0741. The average molecular weight is 287 g/mol. The van der Waals surface area contributed by atoms with Crippen molar-refractivity contribution in [2.75, 3.05) is 0 Å². The summed E-state index contributed by atoms with van der Waals surface area (Å²) in [6.07, 6.45) is 1.35. The highest BCUT2D eigenvalue weighted by molar-refractivity contribution is 5.84. The first-order chi connectivity index (χ1) is 10.1. The third kappa shape index (κ3) is 1.63. The summed E-state index contributed by atoms with van der Waals surface area (Å²) in [5, 5.41) is 12.3. The van der Waals surface area contributed by atoms with Crippen LogP contribution in [-0.4, -0.2) is 23.2 Å². The van der Waals surface area contributed by atoms with Gasteiger partial charge in [-0.2, -0.15) is 0 Å². The van der Waals surface area contributed by atoms with E-state index in [9.17, 15) is 14.7 Å². The molecule has 1 amide bonds. The summed E-state index contributed by atoms with van der Waals surface area (Å²) in [5.41, 5.74) is 0.219. The number of carbonyl (C=O) groups excluding carboxylic acids is 1. The first kappa shape index (κ1) is 12.7. The number of aliphatic carboxylic acids is 1. The number of carbonyl (C=O) groups is 2. The summed E-state index contributed by atoms with van der Waals surface area (Å²) < 4.78 is 5.21. The van der Waals surface area contributed by atoms with Gasteiger partial charge in [-0.15, -0.1) is 0 Å². The van der Waals surface area contributed by atoms with Gasteiger partial charge in [0.25, 0.3) is 0 Å². The molecule has 5 rings (SSSR count). The number of hydrogen-bond donors (Lipinski definition) is 2. The maximum atomic E-state index is 11.9. The van der Waals surface area contributed by atoms with Crippen LogP contribution in [0.25, 0.3) is 0 Å². The van der Waals surface area contributed by atoms with Gasteiger partial charge >= 0.3 is 12.1 Å². The second kappa shape index (κ2) is 4.23. The zero-order valence-corrected chi connectivity index (χ0v) is 11.5. The Morgan fingerprint density at radius 3 is 2.52 bits per heavy atom. The zero-order chi connectivity index (χ0) is 14.6. The fourth-order valence-electron chi connectivity index (χ4n) is 4.73. The van der Waals surface area contributed by atoms with Gasteiger partial charge in [0.1, 0.15) is 6.61 Å². The van der Waals surface area contributed by atoms with E-state index in [1.165, 1.54) is 0 Å². The van der Waals surface area contributed by atoms with Gasteiger partial charge in [0.2, 0.25) is 0 Å². The Morgan fingerprint density at radius 1 is 1.24 bits per heavy atom. The van der Waals surface area contributed by atoms with Crippen LogP contribution in [0.2, 0.25) is 0 Å². The molecule has 5 heteroatoms. The summed E-state index contributed by atoms with van der Waals surface area (Å²) >= 11 is 0. The highest BCUT2D eigenvalue weighted by Crippen LogP contribution is 2.79. The Hall–Kier alpha value is -2.04. The Bertz CT molecular complexity index is 588. The van der Waals surface area contributed by atoms with Crippen molar-refractivity contribution in [3.8, 4) is 0 Å². The molecule has 1 aromatic rings. The molecule has 3 unspecified atom stereocenters. The van der Waals surface area contributed by atoms with Crippen molar-refractivity contribution in [2.24, 2.45) is 23.2 Å². The van der Waals surface area contributed by atoms with Crippen LogP contribution in [0.1, 0.15) is 18.4 Å². The van der Waals surface area contributed by atoms with E-state index in [1.54, 1.807) is 0 Å². The molecule has 21 heavy (non-hydrogen) atoms. The van der Waals surface area contributed by atoms with Crippen LogP contribution in [-0.2, 0) is 16.1 Å². The Labute approximate surface area is 122 Å². The lowest BCUT2D eigenvalue weighted by molar-refractivity contribution is -0.144. The molecule has 5 nitrogen and oxygen atoms in total. The molecule has 1 aromatic carbocycles. The summed E-state index contributed by atoms with van der Waals surface area (Å²) in [7, 11) is 0. The molecule has 110 valence electrons. The minimum atomic E-state index is -0.758. The molecule has 0 radical (unpaired) electrons. The third-order valence-electron chi connectivity index (χ3n) is 5.56. The monoisotopic (exact) mass is 287 g/mol. The molecule has 4 fully saturated rings. The maximum absolute atomic E-state index is 11.9. The molecule has 4 aliphatic rings. The smallest absolute Gasteiger partial charge is 0.407 e. The van der Waals surface area contributed by atoms with Gasteiger partial charge in [-0.3, -0.25) is 4.79 Å². The van der Waals surface area contributed by atoms with Gasteiger partial charge < -0.3 is 15.2 Å². The molecule has 2 N–H and O–H groups in total. The molecular weight excluding hydrogens is 270 g/mol. The van der Waals surface area contributed by atoms with Gasteiger partial charge in [0.15, 0.2) is 0 Å². The Balaban J connectivity index is 1.39. The van der Waals surface area contributed by atoms with Crippen molar-refractivity contribution in [2.45, 2.75) is 25.5 Å². The summed E-state index contributed by atoms with van der Waals surface area (Å²) in [6.45, 7) is 0.205. The van der Waals surface area contributed by atoms with Crippen LogP contribution in [0, 0.1) is 23.2 Å². The fraction of sp³-hybridized carbons (Fsp3) is 0.500. The normalized spacial score (nSPS) is 38.1. The standard InChI is InChI=1S/C16H17NO4/c18-14(19)16-11-6-10(7-12(11)16)13(16)17-15(20)21-8-9-4-2-1-3-5-9/h1-5,10-13H,6-8H2,(H,17,20)(H,18,19). The quantitative estimate of drug-likeness (QED) is 0.888. The lowest BCUT2D eigenvalue weighted by Crippen LogP contribution is -2.44. The predicted molar refractivity (Wildman–Crippen MR) is 73.3 cm³/mol. The van der Waals surface area contributed by atoms with E-state index in [0.717, 1.165) is 18.4 Å². The number of nitrogens with one attached hydrogen (secondary N) is 1. The highest BCUT2D eigenvalue weighted by atomic mass is 16.5. The van der Waals surface area contributed by atoms with Crippen molar-refractivity contribution in [3.63, 3.8) is 0 Å². The van der Waals surface area contributed by atoms with Crippen LogP contribution in [0.5, 0.6) is 0 Å². The molecule has 0 aromatic heterocycles. The van der Waals surface area contributed by atoms with E-state index in [-0.39, 0.29) is 24.5 Å². The SMILES string of the molecule is O=C(NC1C2CC3C(C2)C31C(=O)O)OCc1ccccc1. The fourth-order valence-corrected chi connectivity index (χ4v) is 4.73. The third-order valence-corrected chi connectivity index (χ3v) is 5.56. The highest BCUT2D eigenvalue weighted by Gasteiger charge is 2.83. The summed E-state index contributed by atoms with van der Waals surface area (Å²) in [6, 6.07) is 9.19. The Morgan fingerprint density at radius 2 is 1.90 bits per heavy atom. The van der Waals surface area contributed by atoms with E-state index in [1.807, 2.05) is 30.3 Å². The molecule has 0 heterocycles. The van der Waals surface area contributed by atoms with Gasteiger partial charge in [0, 0.05) is 0 Å².